The lowest BCUT2D eigenvalue weighted by molar-refractivity contribution is -0.906. The normalized spacial score (nSPS) is 17.6. The quantitative estimate of drug-likeness (QED) is 0.374. The van der Waals surface area contributed by atoms with Crippen LogP contribution in [0.4, 0.5) is 13.2 Å². The summed E-state index contributed by atoms with van der Waals surface area (Å²) in [5.41, 5.74) is -0.880. The molecule has 0 radical (unpaired) electrons. The van der Waals surface area contributed by atoms with E-state index in [1.807, 2.05) is 18.2 Å². The number of methoxy groups -OCH3 is 2. The second kappa shape index (κ2) is 11.0. The molecule has 1 aromatic carbocycles. The van der Waals surface area contributed by atoms with E-state index in [0.717, 1.165) is 23.9 Å². The van der Waals surface area contributed by atoms with Crippen LogP contribution in [0.5, 0.6) is 11.6 Å². The van der Waals surface area contributed by atoms with Crippen LogP contribution in [0, 0.1) is 0 Å². The Kier molecular flexibility index (Phi) is 7.70. The second-order valence-electron chi connectivity index (χ2n) is 8.69. The fourth-order valence-electron chi connectivity index (χ4n) is 4.58. The number of hydrogen-bond acceptors (Lipinski definition) is 6. The number of halogens is 3. The molecule has 0 bridgehead atoms. The van der Waals surface area contributed by atoms with Gasteiger partial charge < -0.3 is 19.7 Å². The minimum absolute atomic E-state index is 0.0142. The Morgan fingerprint density at radius 1 is 1.13 bits per heavy atom. The molecule has 0 aliphatic carbocycles. The van der Waals surface area contributed by atoms with Gasteiger partial charge in [-0.2, -0.15) is 13.2 Å². The highest BCUT2D eigenvalue weighted by Crippen LogP contribution is 2.33. The van der Waals surface area contributed by atoms with Crippen molar-refractivity contribution in [3.63, 3.8) is 0 Å². The topological polar surface area (TPSA) is 105 Å². The van der Waals surface area contributed by atoms with Gasteiger partial charge in [0, 0.05) is 37.3 Å². The smallest absolute Gasteiger partial charge is 0.459 e. The van der Waals surface area contributed by atoms with Crippen molar-refractivity contribution in [1.82, 2.24) is 15.2 Å². The van der Waals surface area contributed by atoms with Gasteiger partial charge in [0.1, 0.15) is 11.3 Å². The third-order valence-corrected chi connectivity index (χ3v) is 6.40. The van der Waals surface area contributed by atoms with Crippen LogP contribution in [-0.4, -0.2) is 60.3 Å². The number of ether oxygens (including phenoxy) is 2. The third-order valence-electron chi connectivity index (χ3n) is 6.40. The molecule has 0 unspecified atom stereocenters. The fraction of sp³-hybridized carbons (Fsp3) is 0.308. The monoisotopic (exact) mass is 531 g/mol. The van der Waals surface area contributed by atoms with E-state index < -0.39 is 41.2 Å². The molecule has 38 heavy (non-hydrogen) atoms. The molecule has 9 nitrogen and oxygen atoms in total. The maximum Gasteiger partial charge on any atom is 0.459 e. The standard InChI is InChI=1S/C26H25F3N4O5/c1-37-21-13-17(14-33(36)25(21)38-2)24(35)32-12-10-20(18(15-32)16-7-4-3-5-8-16)31-23(34)22-19(26(27,28)29)9-6-11-30-22/h3-9,11,13-14,18,20H,10,12,15H2,1-2H3,(H-,31,34,36)/p+1/t18-,20-/m1/s1. The van der Waals surface area contributed by atoms with Crippen molar-refractivity contribution in [2.45, 2.75) is 24.6 Å². The lowest BCUT2D eigenvalue weighted by Crippen LogP contribution is -2.51. The van der Waals surface area contributed by atoms with Gasteiger partial charge in [-0.25, -0.2) is 0 Å². The highest BCUT2D eigenvalue weighted by atomic mass is 19.4. The van der Waals surface area contributed by atoms with Gasteiger partial charge in [0.05, 0.1) is 24.5 Å². The lowest BCUT2D eigenvalue weighted by atomic mass is 9.85. The Bertz CT molecular complexity index is 1320. The van der Waals surface area contributed by atoms with Gasteiger partial charge in [-0.15, -0.1) is 0 Å². The van der Waals surface area contributed by atoms with Crippen LogP contribution in [0.15, 0.2) is 60.9 Å². The van der Waals surface area contributed by atoms with Crippen molar-refractivity contribution >= 4 is 11.8 Å². The van der Waals surface area contributed by atoms with E-state index in [1.165, 1.54) is 26.5 Å². The molecule has 1 fully saturated rings. The molecule has 200 valence electrons. The van der Waals surface area contributed by atoms with Gasteiger partial charge >= 0.3 is 12.1 Å². The van der Waals surface area contributed by atoms with Gasteiger partial charge in [0.2, 0.25) is 11.9 Å². The number of amides is 2. The van der Waals surface area contributed by atoms with Crippen LogP contribution < -0.4 is 19.5 Å². The molecule has 4 rings (SSSR count). The first-order valence-corrected chi connectivity index (χ1v) is 11.7. The van der Waals surface area contributed by atoms with Gasteiger partial charge in [-0.05, 0) is 24.1 Å². The molecule has 2 atom stereocenters. The molecule has 2 aromatic heterocycles. The molecule has 0 saturated carbocycles. The minimum Gasteiger partial charge on any atom is -0.488 e. The zero-order chi connectivity index (χ0) is 27.4. The average molecular weight is 532 g/mol. The van der Waals surface area contributed by atoms with E-state index in [9.17, 15) is 28.0 Å². The number of likely N-dealkylation sites (tertiary alicyclic amines) is 1. The third kappa shape index (κ3) is 5.48. The first kappa shape index (κ1) is 26.7. The molecular formula is C26H26F3N4O5+. The predicted octanol–water partition coefficient (Wildman–Crippen LogP) is 3.07. The molecule has 2 N–H and O–H groups in total. The van der Waals surface area contributed by atoms with Crippen LogP contribution >= 0.6 is 0 Å². The van der Waals surface area contributed by atoms with Gasteiger partial charge in [0.15, 0.2) is 0 Å². The number of nitrogens with one attached hydrogen (secondary N) is 1. The number of benzene rings is 1. The zero-order valence-corrected chi connectivity index (χ0v) is 20.6. The summed E-state index contributed by atoms with van der Waals surface area (Å²) in [7, 11) is 2.72. The molecule has 2 amide bonds. The van der Waals surface area contributed by atoms with Crippen molar-refractivity contribution in [3.8, 4) is 11.6 Å². The first-order chi connectivity index (χ1) is 18.1. The Labute approximate surface area is 216 Å². The Morgan fingerprint density at radius 3 is 2.53 bits per heavy atom. The van der Waals surface area contributed by atoms with Crippen molar-refractivity contribution in [3.05, 3.63) is 83.3 Å². The molecular weight excluding hydrogens is 505 g/mol. The fourth-order valence-corrected chi connectivity index (χ4v) is 4.58. The van der Waals surface area contributed by atoms with Gasteiger partial charge in [-0.1, -0.05) is 30.3 Å². The molecule has 12 heteroatoms. The number of alkyl halides is 3. The van der Waals surface area contributed by atoms with E-state index in [-0.39, 0.29) is 36.7 Å². The highest BCUT2D eigenvalue weighted by molar-refractivity contribution is 5.95. The minimum atomic E-state index is -4.74. The van der Waals surface area contributed by atoms with Gasteiger partial charge in [-0.3, -0.25) is 19.8 Å². The highest BCUT2D eigenvalue weighted by Gasteiger charge is 2.39. The summed E-state index contributed by atoms with van der Waals surface area (Å²) < 4.78 is 51.3. The largest absolute Gasteiger partial charge is 0.488 e. The number of aromatic nitrogens is 2. The maximum absolute atomic E-state index is 13.5. The van der Waals surface area contributed by atoms with E-state index in [1.54, 1.807) is 17.0 Å². The molecule has 1 aliphatic heterocycles. The summed E-state index contributed by atoms with van der Waals surface area (Å²) in [5.74, 6) is -1.59. The molecule has 1 aliphatic rings. The van der Waals surface area contributed by atoms with Crippen LogP contribution in [0.1, 0.15) is 44.3 Å². The maximum atomic E-state index is 13.5. The molecule has 1 saturated heterocycles. The average Bonchev–Trinajstić information content (AvgIpc) is 2.92. The lowest BCUT2D eigenvalue weighted by Gasteiger charge is -2.39. The van der Waals surface area contributed by atoms with Gasteiger partial charge in [0.25, 0.3) is 11.8 Å². The van der Waals surface area contributed by atoms with E-state index in [2.05, 4.69) is 10.3 Å². The Hall–Kier alpha value is -4.35. The number of carbonyl (C=O) groups excluding carboxylic acids is 2. The summed E-state index contributed by atoms with van der Waals surface area (Å²) in [6, 6.07) is 11.9. The van der Waals surface area contributed by atoms with Crippen molar-refractivity contribution in [2.24, 2.45) is 0 Å². The number of rotatable bonds is 6. The van der Waals surface area contributed by atoms with E-state index in [4.69, 9.17) is 9.47 Å². The van der Waals surface area contributed by atoms with Crippen LogP contribution in [0.2, 0.25) is 0 Å². The SMILES string of the molecule is COc1cc(C(=O)N2CC[C@@H](NC(=O)c3ncccc3C(F)(F)F)[C@@H](c3ccccc3)C2)c[n+](O)c1OC. The number of pyridine rings is 2. The van der Waals surface area contributed by atoms with Crippen LogP contribution in [0.3, 0.4) is 0 Å². The molecule has 3 aromatic rings. The van der Waals surface area contributed by atoms with Crippen LogP contribution in [0.25, 0.3) is 0 Å². The second-order valence-corrected chi connectivity index (χ2v) is 8.69. The number of hydrogen-bond donors (Lipinski definition) is 2. The Morgan fingerprint density at radius 2 is 1.87 bits per heavy atom. The van der Waals surface area contributed by atoms with Crippen molar-refractivity contribution in [1.29, 1.82) is 0 Å². The molecule has 3 heterocycles. The zero-order valence-electron chi connectivity index (χ0n) is 20.6. The summed E-state index contributed by atoms with van der Waals surface area (Å²) in [6.45, 7) is 0.378. The summed E-state index contributed by atoms with van der Waals surface area (Å²) in [5, 5.41) is 12.9. The van der Waals surface area contributed by atoms with Crippen molar-refractivity contribution in [2.75, 3.05) is 27.3 Å². The summed E-state index contributed by atoms with van der Waals surface area (Å²) >= 11 is 0. The summed E-state index contributed by atoms with van der Waals surface area (Å²) in [6.07, 6.45) is -2.12. The number of piperidine rings is 1. The van der Waals surface area contributed by atoms with E-state index in [0.29, 0.717) is 4.73 Å². The Balaban J connectivity index is 1.60. The predicted molar refractivity (Wildman–Crippen MR) is 127 cm³/mol. The first-order valence-electron chi connectivity index (χ1n) is 11.7. The number of nitrogens with zero attached hydrogens (tertiary/aromatic N) is 3. The van der Waals surface area contributed by atoms with Crippen molar-refractivity contribution < 1.29 is 42.2 Å². The van der Waals surface area contributed by atoms with E-state index >= 15 is 0 Å². The number of carbonyl (C=O) groups is 2. The van der Waals surface area contributed by atoms with Crippen LogP contribution in [-0.2, 0) is 6.18 Å². The summed E-state index contributed by atoms with van der Waals surface area (Å²) in [4.78, 5) is 31.6. The molecule has 0 spiro atoms.